The monoisotopic (exact) mass is 550 g/mol. The van der Waals surface area contributed by atoms with E-state index >= 15 is 0 Å². The summed E-state index contributed by atoms with van der Waals surface area (Å²) in [4.78, 5) is 0. The van der Waals surface area contributed by atoms with Gasteiger partial charge in [0.15, 0.2) is 0 Å². The zero-order valence-corrected chi connectivity index (χ0v) is 24.5. The minimum absolute atomic E-state index is 0.858. The summed E-state index contributed by atoms with van der Waals surface area (Å²) in [5.74, 6) is 0. The first-order valence-corrected chi connectivity index (χ1v) is 15.1. The second kappa shape index (κ2) is 12.0. The molecule has 0 aliphatic carbocycles. The summed E-state index contributed by atoms with van der Waals surface area (Å²) in [7, 11) is 0. The highest BCUT2D eigenvalue weighted by Gasteiger charge is 2.17. The molecule has 0 spiro atoms. The van der Waals surface area contributed by atoms with Crippen molar-refractivity contribution < 1.29 is 0 Å². The Labute approximate surface area is 254 Å². The summed E-state index contributed by atoms with van der Waals surface area (Å²) in [5.41, 5.74) is 14.5. The fourth-order valence-corrected chi connectivity index (χ4v) is 6.63. The summed E-state index contributed by atoms with van der Waals surface area (Å²) in [6.07, 6.45) is 1.73. The van der Waals surface area contributed by atoms with E-state index < -0.39 is 0 Å². The Morgan fingerprint density at radius 3 is 1.56 bits per heavy atom. The molecule has 7 aromatic carbocycles. The molecule has 0 unspecified atom stereocenters. The Morgan fingerprint density at radius 1 is 0.349 bits per heavy atom. The van der Waals surface area contributed by atoms with Crippen molar-refractivity contribution in [2.45, 2.75) is 19.8 Å². The molecule has 0 saturated carbocycles. The van der Waals surface area contributed by atoms with E-state index in [1.807, 2.05) is 0 Å². The van der Waals surface area contributed by atoms with Crippen LogP contribution in [-0.4, -0.2) is 0 Å². The number of benzene rings is 7. The Kier molecular flexibility index (Phi) is 7.42. The lowest BCUT2D eigenvalue weighted by molar-refractivity contribution is 1.14. The average Bonchev–Trinajstić information content (AvgIpc) is 3.06. The second-order valence-electron chi connectivity index (χ2n) is 11.3. The van der Waals surface area contributed by atoms with Crippen molar-refractivity contribution in [3.63, 3.8) is 0 Å². The number of hydrogen-bond acceptors (Lipinski definition) is 0. The lowest BCUT2D eigenvalue weighted by Gasteiger charge is -2.19. The van der Waals surface area contributed by atoms with Crippen LogP contribution in [0.25, 0.3) is 44.2 Å². The molecule has 0 bridgehead atoms. The Morgan fingerprint density at radius 2 is 0.814 bits per heavy atom. The Hall–Kier alpha value is -5.20. The smallest absolute Gasteiger partial charge is 0.00133 e. The van der Waals surface area contributed by atoms with E-state index in [1.165, 1.54) is 72.0 Å². The van der Waals surface area contributed by atoms with Crippen LogP contribution >= 0.6 is 0 Å². The highest BCUT2D eigenvalue weighted by atomic mass is 14.2. The van der Waals surface area contributed by atoms with Crippen molar-refractivity contribution in [3.05, 3.63) is 192 Å². The van der Waals surface area contributed by atoms with Crippen molar-refractivity contribution in [1.82, 2.24) is 0 Å². The molecule has 0 atom stereocenters. The van der Waals surface area contributed by atoms with Gasteiger partial charge in [0.05, 0.1) is 0 Å². The molecular formula is C43H34. The average molecular weight is 551 g/mol. The highest BCUT2D eigenvalue weighted by molar-refractivity contribution is 5.97. The van der Waals surface area contributed by atoms with Gasteiger partial charge in [-0.2, -0.15) is 0 Å². The van der Waals surface area contributed by atoms with Crippen molar-refractivity contribution in [2.75, 3.05) is 0 Å². The van der Waals surface area contributed by atoms with E-state index in [0.717, 1.165) is 12.8 Å². The second-order valence-corrected chi connectivity index (χ2v) is 11.3. The zero-order valence-electron chi connectivity index (χ0n) is 24.5. The first-order valence-electron chi connectivity index (χ1n) is 15.1. The predicted molar refractivity (Wildman–Crippen MR) is 183 cm³/mol. The zero-order chi connectivity index (χ0) is 29.0. The third-order valence-corrected chi connectivity index (χ3v) is 8.58. The van der Waals surface area contributed by atoms with Gasteiger partial charge in [0, 0.05) is 0 Å². The van der Waals surface area contributed by atoms with E-state index in [2.05, 4.69) is 171 Å². The van der Waals surface area contributed by atoms with Gasteiger partial charge in [0.2, 0.25) is 0 Å². The topological polar surface area (TPSA) is 0 Å². The van der Waals surface area contributed by atoms with E-state index in [0.29, 0.717) is 0 Å². The quantitative estimate of drug-likeness (QED) is 0.185. The maximum absolute atomic E-state index is 2.32. The molecule has 0 aliphatic heterocycles. The number of rotatable bonds is 7. The molecule has 0 aliphatic rings. The van der Waals surface area contributed by atoms with Crippen molar-refractivity contribution in [3.8, 4) is 33.4 Å². The van der Waals surface area contributed by atoms with Crippen LogP contribution in [0.5, 0.6) is 0 Å². The first kappa shape index (κ1) is 26.7. The standard InChI is InChI=1S/C43H34/c1-31-15-12-23-36(42(31)33-17-4-2-5-18-33)30-38-25-13-24-37(43(38)34-19-6-3-7-20-34)29-35-21-9-11-27-40(35)41-28-14-22-32-16-8-10-26-39(32)41/h2-28H,29-30H2,1H3. The maximum atomic E-state index is 2.32. The van der Waals surface area contributed by atoms with E-state index in [9.17, 15) is 0 Å². The van der Waals surface area contributed by atoms with Gasteiger partial charge in [0.25, 0.3) is 0 Å². The summed E-state index contributed by atoms with van der Waals surface area (Å²) >= 11 is 0. The Balaban J connectivity index is 1.36. The number of fused-ring (bicyclic) bond motifs is 1. The van der Waals surface area contributed by atoms with Crippen molar-refractivity contribution in [2.24, 2.45) is 0 Å². The van der Waals surface area contributed by atoms with Crippen LogP contribution in [0.4, 0.5) is 0 Å². The normalized spacial score (nSPS) is 11.1. The predicted octanol–water partition coefficient (Wildman–Crippen LogP) is 11.3. The van der Waals surface area contributed by atoms with Gasteiger partial charge >= 0.3 is 0 Å². The van der Waals surface area contributed by atoms with Gasteiger partial charge in [-0.3, -0.25) is 0 Å². The summed E-state index contributed by atoms with van der Waals surface area (Å²) in [5, 5.41) is 2.57. The van der Waals surface area contributed by atoms with Crippen LogP contribution in [0, 0.1) is 6.92 Å². The first-order chi connectivity index (χ1) is 21.3. The minimum Gasteiger partial charge on any atom is -0.0622 e. The van der Waals surface area contributed by atoms with E-state index in [1.54, 1.807) is 0 Å². The van der Waals surface area contributed by atoms with Crippen LogP contribution in [0.15, 0.2) is 164 Å². The third-order valence-electron chi connectivity index (χ3n) is 8.58. The van der Waals surface area contributed by atoms with Crippen molar-refractivity contribution >= 4 is 10.8 Å². The molecule has 0 saturated heterocycles. The number of hydrogen-bond donors (Lipinski definition) is 0. The summed E-state index contributed by atoms with van der Waals surface area (Å²) in [6.45, 7) is 2.23. The molecule has 0 amide bonds. The summed E-state index contributed by atoms with van der Waals surface area (Å²) < 4.78 is 0. The molecule has 7 rings (SSSR count). The van der Waals surface area contributed by atoms with Gasteiger partial charge < -0.3 is 0 Å². The van der Waals surface area contributed by atoms with E-state index in [-0.39, 0.29) is 0 Å². The van der Waals surface area contributed by atoms with Crippen LogP contribution in [0.2, 0.25) is 0 Å². The van der Waals surface area contributed by atoms with Crippen LogP contribution in [-0.2, 0) is 12.8 Å². The van der Waals surface area contributed by atoms with Gasteiger partial charge in [-0.15, -0.1) is 0 Å². The lowest BCUT2D eigenvalue weighted by Crippen LogP contribution is -2.01. The largest absolute Gasteiger partial charge is 0.0622 e. The van der Waals surface area contributed by atoms with Crippen molar-refractivity contribution in [1.29, 1.82) is 0 Å². The third kappa shape index (κ3) is 5.41. The van der Waals surface area contributed by atoms with Gasteiger partial charge in [0.1, 0.15) is 0 Å². The fourth-order valence-electron chi connectivity index (χ4n) is 6.63. The number of aryl methyl sites for hydroxylation is 1. The van der Waals surface area contributed by atoms with Crippen LogP contribution in [0.1, 0.15) is 27.8 Å². The molecule has 43 heavy (non-hydrogen) atoms. The molecule has 0 radical (unpaired) electrons. The molecule has 0 fully saturated rings. The molecule has 0 nitrogen and oxygen atoms in total. The molecule has 0 heterocycles. The Bertz CT molecular complexity index is 2010. The molecular weight excluding hydrogens is 516 g/mol. The van der Waals surface area contributed by atoms with E-state index in [4.69, 9.17) is 0 Å². The molecule has 206 valence electrons. The highest BCUT2D eigenvalue weighted by Crippen LogP contribution is 2.37. The van der Waals surface area contributed by atoms with Crippen LogP contribution < -0.4 is 0 Å². The lowest BCUT2D eigenvalue weighted by atomic mass is 9.84. The minimum atomic E-state index is 0.858. The maximum Gasteiger partial charge on any atom is -0.00133 e. The fraction of sp³-hybridized carbons (Fsp3) is 0.0698. The molecule has 0 N–H and O–H groups in total. The van der Waals surface area contributed by atoms with Gasteiger partial charge in [-0.05, 0) is 91.7 Å². The van der Waals surface area contributed by atoms with Gasteiger partial charge in [-0.25, -0.2) is 0 Å². The summed E-state index contributed by atoms with van der Waals surface area (Å²) in [6, 6.07) is 59.6. The van der Waals surface area contributed by atoms with Gasteiger partial charge in [-0.1, -0.05) is 164 Å². The van der Waals surface area contributed by atoms with Crippen LogP contribution in [0.3, 0.4) is 0 Å². The molecule has 0 aromatic heterocycles. The molecule has 0 heteroatoms. The SMILES string of the molecule is Cc1cccc(Cc2cccc(Cc3ccccc3-c3cccc4ccccc34)c2-c2ccccc2)c1-c1ccccc1. The molecule has 7 aromatic rings.